The number of para-hydroxylation sites is 1. The van der Waals surface area contributed by atoms with Crippen LogP contribution in [0.4, 0.5) is 10.1 Å². The Kier molecular flexibility index (Phi) is 5.30. The molecular weight excluding hydrogens is 395 g/mol. The lowest BCUT2D eigenvalue weighted by molar-refractivity contribution is 0.0743. The predicted octanol–water partition coefficient (Wildman–Crippen LogP) is 1.75. The first-order valence-corrected chi connectivity index (χ1v) is 10.1. The van der Waals surface area contributed by atoms with Gasteiger partial charge in [0.25, 0.3) is 11.5 Å². The van der Waals surface area contributed by atoms with Gasteiger partial charge in [-0.1, -0.05) is 18.2 Å². The van der Waals surface area contributed by atoms with E-state index in [-0.39, 0.29) is 17.9 Å². The highest BCUT2D eigenvalue weighted by Gasteiger charge is 2.26. The average Bonchev–Trinajstić information content (AvgIpc) is 3.25. The van der Waals surface area contributed by atoms with Crippen LogP contribution in [0.25, 0.3) is 0 Å². The molecule has 3 heterocycles. The second-order valence-corrected chi connectivity index (χ2v) is 7.74. The number of anilines is 1. The van der Waals surface area contributed by atoms with Crippen LogP contribution >= 0.6 is 11.3 Å². The summed E-state index contributed by atoms with van der Waals surface area (Å²) < 4.78 is 15.0. The van der Waals surface area contributed by atoms with E-state index in [1.807, 2.05) is 22.4 Å². The van der Waals surface area contributed by atoms with Crippen LogP contribution in [0.1, 0.15) is 15.2 Å². The van der Waals surface area contributed by atoms with E-state index >= 15 is 0 Å². The minimum absolute atomic E-state index is 0.0690. The molecule has 0 unspecified atom stereocenters. The summed E-state index contributed by atoms with van der Waals surface area (Å²) in [5.74, 6) is -0.733. The molecule has 9 heteroatoms. The first-order chi connectivity index (χ1) is 14.0. The maximum Gasteiger partial charge on any atom is 0.328 e. The molecule has 0 bridgehead atoms. The Morgan fingerprint density at radius 1 is 1.07 bits per heavy atom. The van der Waals surface area contributed by atoms with E-state index < -0.39 is 17.2 Å². The van der Waals surface area contributed by atoms with Crippen LogP contribution in [0.15, 0.2) is 57.6 Å². The van der Waals surface area contributed by atoms with E-state index in [4.69, 9.17) is 0 Å². The van der Waals surface area contributed by atoms with Crippen molar-refractivity contribution in [3.8, 4) is 0 Å². The number of amides is 1. The zero-order chi connectivity index (χ0) is 20.4. The molecule has 0 aliphatic carbocycles. The summed E-state index contributed by atoms with van der Waals surface area (Å²) in [7, 11) is 0. The van der Waals surface area contributed by atoms with Crippen molar-refractivity contribution >= 4 is 22.9 Å². The molecule has 0 radical (unpaired) electrons. The second-order valence-electron chi connectivity index (χ2n) is 6.71. The number of halogens is 1. The zero-order valence-electron chi connectivity index (χ0n) is 15.5. The Morgan fingerprint density at radius 2 is 1.83 bits per heavy atom. The lowest BCUT2D eigenvalue weighted by Crippen LogP contribution is -2.50. The normalized spacial score (nSPS) is 14.2. The molecule has 150 valence electrons. The van der Waals surface area contributed by atoms with Crippen LogP contribution in [0.3, 0.4) is 0 Å². The van der Waals surface area contributed by atoms with Crippen LogP contribution in [-0.4, -0.2) is 46.5 Å². The second kappa shape index (κ2) is 8.04. The van der Waals surface area contributed by atoms with Crippen molar-refractivity contribution in [3.05, 3.63) is 85.1 Å². The third-order valence-corrected chi connectivity index (χ3v) is 5.81. The third-order valence-electron chi connectivity index (χ3n) is 4.95. The highest BCUT2D eigenvalue weighted by Crippen LogP contribution is 2.20. The molecule has 1 fully saturated rings. The van der Waals surface area contributed by atoms with Crippen molar-refractivity contribution in [2.45, 2.75) is 6.54 Å². The third kappa shape index (κ3) is 3.86. The number of aromatic amines is 1. The Morgan fingerprint density at radius 3 is 2.52 bits per heavy atom. The Bertz CT molecular complexity index is 1130. The van der Waals surface area contributed by atoms with Crippen molar-refractivity contribution in [2.24, 2.45) is 0 Å². The molecule has 3 aromatic rings. The van der Waals surface area contributed by atoms with Gasteiger partial charge in [-0.05, 0) is 23.6 Å². The number of piperazine rings is 1. The fourth-order valence-corrected chi connectivity index (χ4v) is 4.09. The van der Waals surface area contributed by atoms with Crippen LogP contribution in [-0.2, 0) is 6.54 Å². The Labute approximate surface area is 169 Å². The molecule has 0 atom stereocenters. The quantitative estimate of drug-likeness (QED) is 0.706. The number of rotatable bonds is 4. The van der Waals surface area contributed by atoms with E-state index in [0.29, 0.717) is 31.9 Å². The molecule has 1 N–H and O–H groups in total. The minimum Gasteiger partial charge on any atom is -0.366 e. The lowest BCUT2D eigenvalue weighted by atomic mass is 10.2. The molecule has 1 aliphatic rings. The smallest absolute Gasteiger partial charge is 0.328 e. The van der Waals surface area contributed by atoms with E-state index in [2.05, 4.69) is 4.98 Å². The summed E-state index contributed by atoms with van der Waals surface area (Å²) in [4.78, 5) is 44.5. The number of nitrogens with zero attached hydrogens (tertiary/aromatic N) is 3. The number of thiophene rings is 1. The van der Waals surface area contributed by atoms with Crippen LogP contribution in [0, 0.1) is 5.82 Å². The first kappa shape index (κ1) is 19.1. The van der Waals surface area contributed by atoms with Gasteiger partial charge in [0, 0.05) is 37.3 Å². The molecule has 29 heavy (non-hydrogen) atoms. The van der Waals surface area contributed by atoms with Gasteiger partial charge in [-0.15, -0.1) is 11.3 Å². The number of hydrogen-bond donors (Lipinski definition) is 1. The van der Waals surface area contributed by atoms with E-state index in [9.17, 15) is 18.8 Å². The predicted molar refractivity (Wildman–Crippen MR) is 109 cm³/mol. The summed E-state index contributed by atoms with van der Waals surface area (Å²) in [6.45, 7) is 1.75. The standard InChI is InChI=1S/C20H19FN4O3S/c21-16-5-1-2-6-17(16)23-7-9-24(10-8-23)18(26)15-12-22-20(28)25(19(15)27)13-14-4-3-11-29-14/h1-6,11-12H,7-10,13H2,(H,22,28). The molecule has 1 saturated heterocycles. The van der Waals surface area contributed by atoms with Crippen LogP contribution < -0.4 is 16.1 Å². The summed E-state index contributed by atoms with van der Waals surface area (Å²) in [5, 5.41) is 1.86. The maximum atomic E-state index is 14.0. The number of carbonyl (C=O) groups is 1. The van der Waals surface area contributed by atoms with Gasteiger partial charge in [0.15, 0.2) is 0 Å². The Hall–Kier alpha value is -3.20. The van der Waals surface area contributed by atoms with Crippen molar-refractivity contribution in [1.82, 2.24) is 14.5 Å². The number of hydrogen-bond acceptors (Lipinski definition) is 5. The highest BCUT2D eigenvalue weighted by molar-refractivity contribution is 7.09. The van der Waals surface area contributed by atoms with Gasteiger partial charge in [0.1, 0.15) is 11.4 Å². The topological polar surface area (TPSA) is 78.4 Å². The number of aromatic nitrogens is 2. The number of H-pyrrole nitrogens is 1. The largest absolute Gasteiger partial charge is 0.366 e. The SMILES string of the molecule is O=C(c1c[nH]c(=O)n(Cc2cccs2)c1=O)N1CCN(c2ccccc2F)CC1. The molecular formula is C20H19FN4O3S. The van der Waals surface area contributed by atoms with Crippen LogP contribution in [0.5, 0.6) is 0 Å². The maximum absolute atomic E-state index is 14.0. The fourth-order valence-electron chi connectivity index (χ4n) is 3.40. The van der Waals surface area contributed by atoms with Crippen molar-refractivity contribution in [2.75, 3.05) is 31.1 Å². The number of carbonyl (C=O) groups excluding carboxylic acids is 1. The summed E-state index contributed by atoms with van der Waals surface area (Å²) in [6, 6.07) is 10.2. The Balaban J connectivity index is 1.51. The molecule has 1 aromatic carbocycles. The zero-order valence-corrected chi connectivity index (χ0v) is 16.3. The van der Waals surface area contributed by atoms with Crippen LogP contribution in [0.2, 0.25) is 0 Å². The molecule has 4 rings (SSSR count). The summed E-state index contributed by atoms with van der Waals surface area (Å²) in [5.41, 5.74) is -0.726. The molecule has 2 aromatic heterocycles. The van der Waals surface area contributed by atoms with Gasteiger partial charge in [0.05, 0.1) is 12.2 Å². The first-order valence-electron chi connectivity index (χ1n) is 9.18. The fraction of sp³-hybridized carbons (Fsp3) is 0.250. The van der Waals surface area contributed by atoms with E-state index in [1.165, 1.54) is 23.6 Å². The van der Waals surface area contributed by atoms with Crippen molar-refractivity contribution < 1.29 is 9.18 Å². The van der Waals surface area contributed by atoms with Crippen molar-refractivity contribution in [3.63, 3.8) is 0 Å². The highest BCUT2D eigenvalue weighted by atomic mass is 32.1. The van der Waals surface area contributed by atoms with Crippen molar-refractivity contribution in [1.29, 1.82) is 0 Å². The summed E-state index contributed by atoms with van der Waals surface area (Å²) in [6.07, 6.45) is 1.18. The van der Waals surface area contributed by atoms with E-state index in [0.717, 1.165) is 9.44 Å². The van der Waals surface area contributed by atoms with E-state index in [1.54, 1.807) is 23.1 Å². The molecule has 1 amide bonds. The molecule has 1 aliphatic heterocycles. The van der Waals surface area contributed by atoms with Gasteiger partial charge >= 0.3 is 5.69 Å². The number of benzene rings is 1. The lowest BCUT2D eigenvalue weighted by Gasteiger charge is -2.36. The van der Waals surface area contributed by atoms with Gasteiger partial charge < -0.3 is 14.8 Å². The summed E-state index contributed by atoms with van der Waals surface area (Å²) >= 11 is 1.43. The van der Waals surface area contributed by atoms with Gasteiger partial charge in [-0.3, -0.25) is 14.2 Å². The van der Waals surface area contributed by atoms with Gasteiger partial charge in [-0.2, -0.15) is 0 Å². The molecule has 7 nitrogen and oxygen atoms in total. The molecule has 0 spiro atoms. The minimum atomic E-state index is -0.608. The number of nitrogens with one attached hydrogen (secondary N) is 1. The monoisotopic (exact) mass is 414 g/mol. The van der Waals surface area contributed by atoms with Gasteiger partial charge in [0.2, 0.25) is 0 Å². The average molecular weight is 414 g/mol. The van der Waals surface area contributed by atoms with Gasteiger partial charge in [-0.25, -0.2) is 9.18 Å². The molecule has 0 saturated carbocycles.